The van der Waals surface area contributed by atoms with Crippen molar-refractivity contribution in [2.45, 2.75) is 45.6 Å². The predicted octanol–water partition coefficient (Wildman–Crippen LogP) is 6.19. The second kappa shape index (κ2) is 10.1. The normalized spacial score (nSPS) is 17.2. The van der Waals surface area contributed by atoms with Gasteiger partial charge in [-0.05, 0) is 52.8 Å². The first kappa shape index (κ1) is 26.0. The number of carbonyl (C=O) groups excluding carboxylic acids is 2. The van der Waals surface area contributed by atoms with Crippen molar-refractivity contribution in [2.75, 3.05) is 19.1 Å². The summed E-state index contributed by atoms with van der Waals surface area (Å²) in [6.45, 7) is 8.41. The second-order valence-electron chi connectivity index (χ2n) is 10.1. The molecule has 37 heavy (non-hydrogen) atoms. The molecule has 3 aromatic rings. The van der Waals surface area contributed by atoms with Crippen LogP contribution in [0.5, 0.6) is 11.5 Å². The van der Waals surface area contributed by atoms with E-state index in [1.807, 2.05) is 48.5 Å². The molecule has 0 saturated carbocycles. The lowest BCUT2D eigenvalue weighted by molar-refractivity contribution is -0.132. The maximum Gasteiger partial charge on any atom is 0.300 e. The predicted molar refractivity (Wildman–Crippen MR) is 145 cm³/mol. The van der Waals surface area contributed by atoms with E-state index >= 15 is 0 Å². The van der Waals surface area contributed by atoms with Gasteiger partial charge < -0.3 is 14.6 Å². The lowest BCUT2D eigenvalue weighted by Crippen LogP contribution is -2.29. The molecule has 1 N–H and O–H groups in total. The van der Waals surface area contributed by atoms with Gasteiger partial charge in [0.25, 0.3) is 11.7 Å². The van der Waals surface area contributed by atoms with E-state index in [-0.39, 0.29) is 22.3 Å². The fourth-order valence-electron chi connectivity index (χ4n) is 4.69. The van der Waals surface area contributed by atoms with E-state index < -0.39 is 17.7 Å². The van der Waals surface area contributed by atoms with E-state index in [9.17, 15) is 14.7 Å². The van der Waals surface area contributed by atoms with E-state index in [0.717, 1.165) is 17.5 Å². The maximum atomic E-state index is 13.5. The van der Waals surface area contributed by atoms with Crippen LogP contribution in [0.3, 0.4) is 0 Å². The summed E-state index contributed by atoms with van der Waals surface area (Å²) in [5, 5.41) is 11.6. The third kappa shape index (κ3) is 4.71. The van der Waals surface area contributed by atoms with Crippen LogP contribution in [0.25, 0.3) is 5.76 Å². The Bertz CT molecular complexity index is 1330. The van der Waals surface area contributed by atoms with Gasteiger partial charge in [0.2, 0.25) is 0 Å². The fraction of sp³-hybridized carbons (Fsp3) is 0.290. The largest absolute Gasteiger partial charge is 0.506 e. The number of benzene rings is 3. The molecule has 192 valence electrons. The number of nitrogens with zero attached hydrogens (tertiary/aromatic N) is 1. The first-order chi connectivity index (χ1) is 17.6. The zero-order chi connectivity index (χ0) is 26.9. The number of aliphatic hydroxyl groups is 1. The SMILES string of the molecule is CCc1ccc(C2/C(=C(\O)c3c(OC)cccc3OC)C(=O)C(=O)N2c2ccc(C(C)(C)C)cc2)cc1. The Balaban J connectivity index is 1.96. The van der Waals surface area contributed by atoms with Crippen LogP contribution in [0, 0.1) is 0 Å². The number of aryl methyl sites for hydroxylation is 1. The molecule has 6 heteroatoms. The molecule has 1 unspecified atom stereocenters. The number of aliphatic hydroxyl groups excluding tert-OH is 1. The molecule has 0 spiro atoms. The topological polar surface area (TPSA) is 76.1 Å². The minimum atomic E-state index is -0.832. The average molecular weight is 500 g/mol. The number of amides is 1. The minimum absolute atomic E-state index is 0.0167. The Hall–Kier alpha value is -4.06. The maximum absolute atomic E-state index is 13.5. The van der Waals surface area contributed by atoms with Crippen molar-refractivity contribution < 1.29 is 24.2 Å². The zero-order valence-electron chi connectivity index (χ0n) is 22.2. The first-order valence-corrected chi connectivity index (χ1v) is 12.3. The summed E-state index contributed by atoms with van der Waals surface area (Å²) in [5.74, 6) is -1.15. The molecule has 1 heterocycles. The van der Waals surface area contributed by atoms with E-state index in [1.165, 1.54) is 19.1 Å². The molecule has 3 aromatic carbocycles. The summed E-state index contributed by atoms with van der Waals surface area (Å²) in [7, 11) is 2.95. The highest BCUT2D eigenvalue weighted by molar-refractivity contribution is 6.51. The summed E-state index contributed by atoms with van der Waals surface area (Å²) in [6, 6.07) is 19.6. The van der Waals surface area contributed by atoms with Crippen LogP contribution in [0.15, 0.2) is 72.3 Å². The van der Waals surface area contributed by atoms with E-state index in [4.69, 9.17) is 9.47 Å². The van der Waals surface area contributed by atoms with E-state index in [2.05, 4.69) is 27.7 Å². The number of ether oxygens (including phenoxy) is 2. The molecule has 1 fully saturated rings. The van der Waals surface area contributed by atoms with Crippen LogP contribution in [-0.2, 0) is 21.4 Å². The molecule has 4 rings (SSSR count). The van der Waals surface area contributed by atoms with Gasteiger partial charge in [0.15, 0.2) is 0 Å². The first-order valence-electron chi connectivity index (χ1n) is 12.3. The molecule has 1 saturated heterocycles. The highest BCUT2D eigenvalue weighted by Gasteiger charge is 2.47. The lowest BCUT2D eigenvalue weighted by atomic mass is 9.87. The summed E-state index contributed by atoms with van der Waals surface area (Å²) in [4.78, 5) is 28.5. The molecule has 1 amide bonds. The van der Waals surface area contributed by atoms with Crippen molar-refractivity contribution in [3.8, 4) is 11.5 Å². The Kier molecular flexibility index (Phi) is 7.12. The molecule has 6 nitrogen and oxygen atoms in total. The van der Waals surface area contributed by atoms with Crippen molar-refractivity contribution >= 4 is 23.1 Å². The standard InChI is InChI=1S/C31H33NO5/c1-7-19-11-13-20(14-12-19)27-26(28(33)25-23(36-5)9-8-10-24(25)37-6)29(34)30(35)32(27)22-17-15-21(16-18-22)31(2,3)4/h8-18,27,33H,7H2,1-6H3/b28-26+. The molecule has 1 aliphatic heterocycles. The number of methoxy groups -OCH3 is 2. The third-order valence-corrected chi connectivity index (χ3v) is 6.82. The van der Waals surface area contributed by atoms with Gasteiger partial charge in [0.1, 0.15) is 22.8 Å². The van der Waals surface area contributed by atoms with Crippen LogP contribution in [0.2, 0.25) is 0 Å². The summed E-state index contributed by atoms with van der Waals surface area (Å²) in [6.07, 6.45) is 0.854. The van der Waals surface area contributed by atoms with Gasteiger partial charge >= 0.3 is 0 Å². The number of hydrogen-bond donors (Lipinski definition) is 1. The number of ketones is 1. The number of hydrogen-bond acceptors (Lipinski definition) is 5. The molecular formula is C31H33NO5. The number of Topliss-reactive ketones (excluding diaryl/α,β-unsaturated/α-hetero) is 1. The van der Waals surface area contributed by atoms with Crippen LogP contribution >= 0.6 is 0 Å². The van der Waals surface area contributed by atoms with Gasteiger partial charge in [-0.3, -0.25) is 14.5 Å². The van der Waals surface area contributed by atoms with E-state index in [1.54, 1.807) is 18.2 Å². The second-order valence-corrected chi connectivity index (χ2v) is 10.1. The molecular weight excluding hydrogens is 466 g/mol. The fourth-order valence-corrected chi connectivity index (χ4v) is 4.69. The molecule has 0 aliphatic carbocycles. The lowest BCUT2D eigenvalue weighted by Gasteiger charge is -2.27. The Morgan fingerprint density at radius 1 is 0.892 bits per heavy atom. The monoisotopic (exact) mass is 499 g/mol. The van der Waals surface area contributed by atoms with Gasteiger partial charge in [0, 0.05) is 5.69 Å². The minimum Gasteiger partial charge on any atom is -0.506 e. The molecule has 0 bridgehead atoms. The molecule has 1 atom stereocenters. The molecule has 0 radical (unpaired) electrons. The van der Waals surface area contributed by atoms with Gasteiger partial charge in [-0.2, -0.15) is 0 Å². The van der Waals surface area contributed by atoms with Crippen LogP contribution in [-0.4, -0.2) is 31.0 Å². The van der Waals surface area contributed by atoms with Gasteiger partial charge in [-0.1, -0.05) is 70.2 Å². The summed E-state index contributed by atoms with van der Waals surface area (Å²) in [5.41, 5.74) is 3.66. The van der Waals surface area contributed by atoms with Crippen molar-refractivity contribution in [1.82, 2.24) is 0 Å². The van der Waals surface area contributed by atoms with Gasteiger partial charge in [-0.15, -0.1) is 0 Å². The summed E-state index contributed by atoms with van der Waals surface area (Å²) >= 11 is 0. The van der Waals surface area contributed by atoms with Crippen molar-refractivity contribution in [2.24, 2.45) is 0 Å². The summed E-state index contributed by atoms with van der Waals surface area (Å²) < 4.78 is 10.9. The van der Waals surface area contributed by atoms with Crippen molar-refractivity contribution in [3.05, 3.63) is 94.6 Å². The number of anilines is 1. The average Bonchev–Trinajstić information content (AvgIpc) is 3.17. The van der Waals surface area contributed by atoms with Crippen molar-refractivity contribution in [1.29, 1.82) is 0 Å². The molecule has 1 aliphatic rings. The Labute approximate surface area is 218 Å². The van der Waals surface area contributed by atoms with Gasteiger partial charge in [0.05, 0.1) is 25.8 Å². The zero-order valence-corrected chi connectivity index (χ0v) is 22.2. The third-order valence-electron chi connectivity index (χ3n) is 6.82. The number of carbonyl (C=O) groups is 2. The smallest absolute Gasteiger partial charge is 0.300 e. The highest BCUT2D eigenvalue weighted by atomic mass is 16.5. The number of rotatable bonds is 6. The highest BCUT2D eigenvalue weighted by Crippen LogP contribution is 2.45. The van der Waals surface area contributed by atoms with Crippen molar-refractivity contribution in [3.63, 3.8) is 0 Å². The Morgan fingerprint density at radius 3 is 1.95 bits per heavy atom. The Morgan fingerprint density at radius 2 is 1.46 bits per heavy atom. The molecule has 0 aromatic heterocycles. The van der Waals surface area contributed by atoms with Gasteiger partial charge in [-0.25, -0.2) is 0 Å². The van der Waals surface area contributed by atoms with Crippen LogP contribution in [0.4, 0.5) is 5.69 Å². The van der Waals surface area contributed by atoms with Crippen LogP contribution < -0.4 is 14.4 Å². The quantitative estimate of drug-likeness (QED) is 0.249. The van der Waals surface area contributed by atoms with Crippen LogP contribution in [0.1, 0.15) is 56.0 Å². The van der Waals surface area contributed by atoms with E-state index in [0.29, 0.717) is 22.7 Å².